The lowest BCUT2D eigenvalue weighted by molar-refractivity contribution is 1.04. The average molecular weight is 173 g/mol. The van der Waals surface area contributed by atoms with Crippen LogP contribution in [0.15, 0.2) is 42.5 Å². The summed E-state index contributed by atoms with van der Waals surface area (Å²) in [6, 6.07) is 0. The minimum Gasteiger partial charge on any atom is -0.0879 e. The molecule has 1 radical (unpaired) electrons. The third-order valence-electron chi connectivity index (χ3n) is 1.92. The molecule has 0 fully saturated rings. The molecule has 0 aromatic heterocycles. The highest BCUT2D eigenvalue weighted by Gasteiger charge is 1.79. The molecule has 0 saturated heterocycles. The second-order valence-corrected chi connectivity index (χ2v) is 3.11. The standard InChI is InChI=1S/C13H17/c1-2-4-6-8-10-12-13-11-9-7-5-3-1/h1-2,5,7-8,10,13H,3-4,6,9,11H2. The van der Waals surface area contributed by atoms with E-state index in [1.54, 1.807) is 0 Å². The molecular formula is C13H17. The molecule has 69 valence electrons. The quantitative estimate of drug-likeness (QED) is 0.486. The molecule has 0 aromatic rings. The normalized spacial score (nSPS) is 19.1. The second-order valence-electron chi connectivity index (χ2n) is 3.11. The number of hydrogen-bond donors (Lipinski definition) is 0. The van der Waals surface area contributed by atoms with Crippen molar-refractivity contribution in [2.24, 2.45) is 0 Å². The van der Waals surface area contributed by atoms with E-state index in [9.17, 15) is 0 Å². The summed E-state index contributed by atoms with van der Waals surface area (Å²) in [6.45, 7) is 0. The second kappa shape index (κ2) is 7.60. The fourth-order valence-corrected chi connectivity index (χ4v) is 1.18. The monoisotopic (exact) mass is 173 g/mol. The lowest BCUT2D eigenvalue weighted by Gasteiger charge is -1.85. The molecule has 0 amide bonds. The van der Waals surface area contributed by atoms with Gasteiger partial charge in [0, 0.05) is 0 Å². The molecule has 1 aliphatic carbocycles. The Morgan fingerprint density at radius 3 is 2.23 bits per heavy atom. The molecular weight excluding hydrogens is 156 g/mol. The van der Waals surface area contributed by atoms with Crippen LogP contribution in [-0.4, -0.2) is 0 Å². The zero-order valence-corrected chi connectivity index (χ0v) is 8.08. The molecule has 0 atom stereocenters. The van der Waals surface area contributed by atoms with E-state index in [0.717, 1.165) is 32.1 Å². The van der Waals surface area contributed by atoms with Gasteiger partial charge in [0.2, 0.25) is 0 Å². The van der Waals surface area contributed by atoms with Gasteiger partial charge < -0.3 is 0 Å². The van der Waals surface area contributed by atoms with Gasteiger partial charge in [-0.3, -0.25) is 0 Å². The summed E-state index contributed by atoms with van der Waals surface area (Å²) in [6.07, 6.45) is 24.0. The van der Waals surface area contributed by atoms with E-state index < -0.39 is 0 Å². The first-order valence-electron chi connectivity index (χ1n) is 5.03. The summed E-state index contributed by atoms with van der Waals surface area (Å²) >= 11 is 0. The van der Waals surface area contributed by atoms with E-state index in [1.165, 1.54) is 0 Å². The SMILES string of the molecule is [C]1=CCCC=CCC=CCCC=C1. The van der Waals surface area contributed by atoms with Crippen LogP contribution in [-0.2, 0) is 0 Å². The van der Waals surface area contributed by atoms with Crippen molar-refractivity contribution in [1.29, 1.82) is 0 Å². The van der Waals surface area contributed by atoms with E-state index >= 15 is 0 Å². The van der Waals surface area contributed by atoms with E-state index in [1.807, 2.05) is 6.08 Å². The summed E-state index contributed by atoms with van der Waals surface area (Å²) in [5, 5.41) is 0. The molecule has 0 unspecified atom stereocenters. The van der Waals surface area contributed by atoms with Crippen LogP contribution in [0, 0.1) is 6.08 Å². The van der Waals surface area contributed by atoms with Crippen molar-refractivity contribution in [3.8, 4) is 0 Å². The number of hydrogen-bond acceptors (Lipinski definition) is 0. The third kappa shape index (κ3) is 6.15. The van der Waals surface area contributed by atoms with Gasteiger partial charge >= 0.3 is 0 Å². The Morgan fingerprint density at radius 1 is 0.692 bits per heavy atom. The molecule has 0 saturated carbocycles. The Bertz CT molecular complexity index is 192. The molecule has 0 bridgehead atoms. The minimum atomic E-state index is 1.08. The minimum absolute atomic E-state index is 1.08. The zero-order valence-electron chi connectivity index (χ0n) is 8.08. The molecule has 1 rings (SSSR count). The largest absolute Gasteiger partial charge is 0.0879 e. The molecule has 0 nitrogen and oxygen atoms in total. The smallest absolute Gasteiger partial charge is 0.0169 e. The Balaban J connectivity index is 2.38. The van der Waals surface area contributed by atoms with Gasteiger partial charge in [-0.05, 0) is 38.2 Å². The van der Waals surface area contributed by atoms with Gasteiger partial charge in [0.25, 0.3) is 0 Å². The van der Waals surface area contributed by atoms with Crippen LogP contribution in [0.25, 0.3) is 0 Å². The van der Waals surface area contributed by atoms with Gasteiger partial charge in [-0.2, -0.15) is 0 Å². The van der Waals surface area contributed by atoms with Crippen molar-refractivity contribution in [3.63, 3.8) is 0 Å². The number of allylic oxidation sites excluding steroid dienone is 8. The lowest BCUT2D eigenvalue weighted by Crippen LogP contribution is -1.64. The van der Waals surface area contributed by atoms with E-state index in [4.69, 9.17) is 0 Å². The van der Waals surface area contributed by atoms with Crippen LogP contribution in [0.1, 0.15) is 32.1 Å². The molecule has 0 heterocycles. The van der Waals surface area contributed by atoms with Crippen LogP contribution in [0.4, 0.5) is 0 Å². The van der Waals surface area contributed by atoms with Gasteiger partial charge in [-0.1, -0.05) is 42.5 Å². The first-order chi connectivity index (χ1) is 6.50. The van der Waals surface area contributed by atoms with Crippen molar-refractivity contribution in [1.82, 2.24) is 0 Å². The predicted octanol–water partition coefficient (Wildman–Crippen LogP) is 3.98. The molecule has 0 spiro atoms. The fourth-order valence-electron chi connectivity index (χ4n) is 1.18. The van der Waals surface area contributed by atoms with Crippen molar-refractivity contribution < 1.29 is 0 Å². The molecule has 0 aliphatic heterocycles. The Morgan fingerprint density at radius 2 is 1.38 bits per heavy atom. The molecule has 13 heavy (non-hydrogen) atoms. The first kappa shape index (κ1) is 10.0. The summed E-state index contributed by atoms with van der Waals surface area (Å²) in [5.74, 6) is 0. The zero-order chi connectivity index (χ0) is 9.19. The van der Waals surface area contributed by atoms with Crippen molar-refractivity contribution in [2.75, 3.05) is 0 Å². The first-order valence-corrected chi connectivity index (χ1v) is 5.03. The van der Waals surface area contributed by atoms with Gasteiger partial charge in [-0.15, -0.1) is 0 Å². The Hall–Kier alpha value is -1.04. The maximum atomic E-state index is 3.16. The van der Waals surface area contributed by atoms with Crippen molar-refractivity contribution in [3.05, 3.63) is 48.6 Å². The third-order valence-corrected chi connectivity index (χ3v) is 1.92. The van der Waals surface area contributed by atoms with Gasteiger partial charge in [0.05, 0.1) is 0 Å². The number of rotatable bonds is 0. The van der Waals surface area contributed by atoms with E-state index in [2.05, 4.69) is 42.5 Å². The Kier molecular flexibility index (Phi) is 5.87. The lowest BCUT2D eigenvalue weighted by atomic mass is 10.2. The van der Waals surface area contributed by atoms with Gasteiger partial charge in [-0.25, -0.2) is 0 Å². The summed E-state index contributed by atoms with van der Waals surface area (Å²) in [5.41, 5.74) is 0. The van der Waals surface area contributed by atoms with Crippen LogP contribution >= 0.6 is 0 Å². The predicted molar refractivity (Wildman–Crippen MR) is 58.3 cm³/mol. The molecule has 1 aliphatic rings. The maximum Gasteiger partial charge on any atom is -0.0169 e. The van der Waals surface area contributed by atoms with Gasteiger partial charge in [0.1, 0.15) is 0 Å². The maximum absolute atomic E-state index is 3.16. The van der Waals surface area contributed by atoms with Crippen LogP contribution < -0.4 is 0 Å². The summed E-state index contributed by atoms with van der Waals surface area (Å²) < 4.78 is 0. The topological polar surface area (TPSA) is 0 Å². The highest BCUT2D eigenvalue weighted by molar-refractivity contribution is 4.99. The Labute approximate surface area is 81.4 Å². The summed E-state index contributed by atoms with van der Waals surface area (Å²) in [4.78, 5) is 0. The van der Waals surface area contributed by atoms with E-state index in [0.29, 0.717) is 0 Å². The van der Waals surface area contributed by atoms with Crippen LogP contribution in [0.3, 0.4) is 0 Å². The van der Waals surface area contributed by atoms with E-state index in [-0.39, 0.29) is 0 Å². The van der Waals surface area contributed by atoms with Crippen molar-refractivity contribution >= 4 is 0 Å². The molecule has 0 aromatic carbocycles. The summed E-state index contributed by atoms with van der Waals surface area (Å²) in [7, 11) is 0. The van der Waals surface area contributed by atoms with Crippen LogP contribution in [0.5, 0.6) is 0 Å². The van der Waals surface area contributed by atoms with Gasteiger partial charge in [0.15, 0.2) is 0 Å². The van der Waals surface area contributed by atoms with Crippen LogP contribution in [0.2, 0.25) is 0 Å². The fraction of sp³-hybridized carbons (Fsp3) is 0.385. The highest BCUT2D eigenvalue weighted by atomic mass is 13.9. The van der Waals surface area contributed by atoms with Crippen molar-refractivity contribution in [2.45, 2.75) is 32.1 Å². The molecule has 0 heteroatoms. The average Bonchev–Trinajstić information content (AvgIpc) is 2.18. The highest BCUT2D eigenvalue weighted by Crippen LogP contribution is 1.99. The molecule has 0 N–H and O–H groups in total.